The van der Waals surface area contributed by atoms with E-state index in [1.165, 1.54) is 43.8 Å². The smallest absolute Gasteiger partial charge is 0.335 e. The van der Waals surface area contributed by atoms with Crippen LogP contribution in [0.2, 0.25) is 0 Å². The zero-order valence-corrected chi connectivity index (χ0v) is 30.6. The number of benzene rings is 1. The minimum Gasteiger partial charge on any atom is -0.467 e. The lowest BCUT2D eigenvalue weighted by Crippen LogP contribution is -2.60. The number of likely N-dealkylation sites (tertiary alicyclic amines) is 1. The van der Waals surface area contributed by atoms with Gasteiger partial charge in [-0.2, -0.15) is 5.26 Å². The van der Waals surface area contributed by atoms with E-state index in [1.54, 1.807) is 48.4 Å². The third kappa shape index (κ3) is 8.02. The van der Waals surface area contributed by atoms with Crippen LogP contribution >= 0.6 is 0 Å². The van der Waals surface area contributed by atoms with Crippen LogP contribution in [-0.4, -0.2) is 114 Å². The fourth-order valence-corrected chi connectivity index (χ4v) is 6.85. The van der Waals surface area contributed by atoms with Crippen LogP contribution < -0.4 is 14.5 Å². The molecule has 3 aromatic rings. The second-order valence-corrected chi connectivity index (χ2v) is 13.1. The van der Waals surface area contributed by atoms with Gasteiger partial charge in [0.15, 0.2) is 17.9 Å². The Morgan fingerprint density at radius 1 is 1.02 bits per heavy atom. The monoisotopic (exact) mass is 733 g/mol. The quantitative estimate of drug-likeness (QED) is 0.230. The minimum absolute atomic E-state index is 0.102. The average molecular weight is 734 g/mol. The Labute approximate surface area is 306 Å². The molecule has 0 N–H and O–H groups in total. The van der Waals surface area contributed by atoms with Crippen LogP contribution in [0.4, 0.5) is 16.3 Å². The molecule has 2 aliphatic heterocycles. The number of likely N-dealkylation sites (N-methyl/N-ethyl adjacent to an activating group) is 1. The number of hydrogen-bond donors (Lipinski definition) is 0. The van der Waals surface area contributed by atoms with Gasteiger partial charge >= 0.3 is 23.9 Å². The number of carbonyl (C=O) groups is 5. The third-order valence-corrected chi connectivity index (χ3v) is 9.66. The number of piperidine rings is 1. The van der Waals surface area contributed by atoms with Crippen LogP contribution in [0.3, 0.4) is 0 Å². The molecule has 0 radical (unpaired) electrons. The standard InChI is InChI=1S/C36H43N7O10/c1-20-13-16-42(28(46)12-15-37)18-26(20)40(5)32-24-14-17-43(33(24)39-19-38-32)36(48)41(6)25-10-8-9-11-27(25)52-35-31(51-23(4)45)29(50-22(3)44)21(2)30(53-35)34(47)49-7/h8-11,14,17,19-21,26,29-31,35H,12-13,16,18H2,1-7H3/t20-,21+,26?,29+,30+,31-,35-/m1/s1. The first kappa shape index (κ1) is 38.5. The van der Waals surface area contributed by atoms with Crippen LogP contribution in [0.15, 0.2) is 42.9 Å². The van der Waals surface area contributed by atoms with Gasteiger partial charge in [-0.3, -0.25) is 23.9 Å². The molecule has 17 heteroatoms. The summed E-state index contributed by atoms with van der Waals surface area (Å²) in [5, 5.41) is 9.65. The molecule has 2 fully saturated rings. The van der Waals surface area contributed by atoms with Gasteiger partial charge in [-0.25, -0.2) is 19.6 Å². The molecule has 0 aliphatic carbocycles. The summed E-state index contributed by atoms with van der Waals surface area (Å²) in [7, 11) is 4.60. The van der Waals surface area contributed by atoms with E-state index in [4.69, 9.17) is 28.9 Å². The molecule has 53 heavy (non-hydrogen) atoms. The Bertz CT molecular complexity index is 1910. The van der Waals surface area contributed by atoms with E-state index in [0.717, 1.165) is 6.42 Å². The predicted molar refractivity (Wildman–Crippen MR) is 188 cm³/mol. The normalized spacial score (nSPS) is 24.0. The minimum atomic E-state index is -1.46. The number of hydrogen-bond acceptors (Lipinski definition) is 14. The van der Waals surface area contributed by atoms with Gasteiger partial charge in [0, 0.05) is 53.1 Å². The van der Waals surface area contributed by atoms with E-state index < -0.39 is 54.5 Å². The summed E-state index contributed by atoms with van der Waals surface area (Å²) >= 11 is 0. The van der Waals surface area contributed by atoms with Crippen molar-refractivity contribution >= 4 is 52.4 Å². The molecule has 0 spiro atoms. The number of nitriles is 1. The van der Waals surface area contributed by atoms with Gasteiger partial charge in [-0.1, -0.05) is 26.0 Å². The van der Waals surface area contributed by atoms with Crippen molar-refractivity contribution < 1.29 is 47.7 Å². The van der Waals surface area contributed by atoms with Crippen LogP contribution in [0, 0.1) is 23.2 Å². The number of nitrogens with zero attached hydrogens (tertiary/aromatic N) is 7. The van der Waals surface area contributed by atoms with Gasteiger partial charge < -0.3 is 33.5 Å². The van der Waals surface area contributed by atoms with Crippen molar-refractivity contribution in [2.24, 2.45) is 11.8 Å². The van der Waals surface area contributed by atoms with Crippen LogP contribution in [0.25, 0.3) is 11.0 Å². The Kier molecular flexibility index (Phi) is 11.8. The van der Waals surface area contributed by atoms with Gasteiger partial charge in [0.2, 0.25) is 18.3 Å². The number of aromatic nitrogens is 3. The van der Waals surface area contributed by atoms with Gasteiger partial charge in [0.25, 0.3) is 0 Å². The molecule has 2 amide bonds. The number of rotatable bonds is 9. The summed E-state index contributed by atoms with van der Waals surface area (Å²) in [6.07, 6.45) is -1.60. The zero-order chi connectivity index (χ0) is 38.6. The molecule has 17 nitrogen and oxygen atoms in total. The van der Waals surface area contributed by atoms with E-state index in [-0.39, 0.29) is 35.7 Å². The first-order valence-corrected chi connectivity index (χ1v) is 17.1. The Balaban J connectivity index is 1.44. The second kappa shape index (κ2) is 16.3. The molecule has 4 heterocycles. The van der Waals surface area contributed by atoms with Gasteiger partial charge in [-0.15, -0.1) is 0 Å². The summed E-state index contributed by atoms with van der Waals surface area (Å²) in [6, 6.07) is 9.61. The van der Waals surface area contributed by atoms with Gasteiger partial charge in [-0.05, 0) is 30.5 Å². The molecule has 2 aromatic heterocycles. The summed E-state index contributed by atoms with van der Waals surface area (Å²) in [5.74, 6) is -2.22. The maximum Gasteiger partial charge on any atom is 0.335 e. The molecule has 1 unspecified atom stereocenters. The lowest BCUT2D eigenvalue weighted by molar-refractivity contribution is -0.266. The number of carbonyl (C=O) groups excluding carboxylic acids is 5. The molecule has 2 saturated heterocycles. The lowest BCUT2D eigenvalue weighted by atomic mass is 9.90. The number of methoxy groups -OCH3 is 1. The van der Waals surface area contributed by atoms with E-state index in [1.807, 2.05) is 18.0 Å². The second-order valence-electron chi connectivity index (χ2n) is 13.1. The van der Waals surface area contributed by atoms with Crippen molar-refractivity contribution in [3.63, 3.8) is 0 Å². The zero-order valence-electron chi connectivity index (χ0n) is 30.6. The van der Waals surface area contributed by atoms with Crippen molar-refractivity contribution in [3.8, 4) is 11.8 Å². The molecule has 5 rings (SSSR count). The molecule has 1 aromatic carbocycles. The highest BCUT2D eigenvalue weighted by Gasteiger charge is 2.52. The fourth-order valence-electron chi connectivity index (χ4n) is 6.85. The van der Waals surface area contributed by atoms with Gasteiger partial charge in [0.1, 0.15) is 24.3 Å². The Hall–Kier alpha value is -5.76. The maximum absolute atomic E-state index is 14.2. The van der Waals surface area contributed by atoms with E-state index in [2.05, 4.69) is 16.9 Å². The molecule has 0 saturated carbocycles. The highest BCUT2D eigenvalue weighted by atomic mass is 16.7. The van der Waals surface area contributed by atoms with Crippen molar-refractivity contribution in [1.29, 1.82) is 5.26 Å². The number of para-hydroxylation sites is 2. The summed E-state index contributed by atoms with van der Waals surface area (Å²) in [5.41, 5.74) is 0.619. The molecular formula is C36H43N7O10. The number of amides is 2. The summed E-state index contributed by atoms with van der Waals surface area (Å²) < 4.78 is 29.6. The molecule has 0 bridgehead atoms. The molecular weight excluding hydrogens is 690 g/mol. The number of anilines is 2. The van der Waals surface area contributed by atoms with Crippen molar-refractivity contribution in [2.75, 3.05) is 44.1 Å². The maximum atomic E-state index is 14.2. The fraction of sp³-hybridized carbons (Fsp3) is 0.500. The van der Waals surface area contributed by atoms with Crippen molar-refractivity contribution in [3.05, 3.63) is 42.9 Å². The van der Waals surface area contributed by atoms with Gasteiger partial charge in [0.05, 0.1) is 30.3 Å². The van der Waals surface area contributed by atoms with Crippen molar-refractivity contribution in [2.45, 2.75) is 71.2 Å². The van der Waals surface area contributed by atoms with E-state index in [0.29, 0.717) is 29.9 Å². The summed E-state index contributed by atoms with van der Waals surface area (Å²) in [6.45, 7) is 7.06. The predicted octanol–water partition coefficient (Wildman–Crippen LogP) is 2.90. The van der Waals surface area contributed by atoms with E-state index in [9.17, 15) is 24.0 Å². The highest BCUT2D eigenvalue weighted by Crippen LogP contribution is 2.36. The lowest BCUT2D eigenvalue weighted by Gasteiger charge is -2.43. The van der Waals surface area contributed by atoms with Crippen LogP contribution in [0.1, 0.15) is 40.5 Å². The molecule has 7 atom stereocenters. The summed E-state index contributed by atoms with van der Waals surface area (Å²) in [4.78, 5) is 77.7. The third-order valence-electron chi connectivity index (χ3n) is 9.66. The SMILES string of the molecule is COC(=O)[C@H]1O[C@@H](Oc2ccccc2N(C)C(=O)n2ccc3c(N(C)C4CN(C(=O)CC#N)CC[C@H]4C)ncnc32)[C@H](OC(C)=O)[C@@H](OC(C)=O)[C@@H]1C. The molecule has 282 valence electrons. The Morgan fingerprint density at radius 2 is 1.72 bits per heavy atom. The number of ether oxygens (including phenoxy) is 5. The Morgan fingerprint density at radius 3 is 2.40 bits per heavy atom. The molecule has 2 aliphatic rings. The van der Waals surface area contributed by atoms with Crippen LogP contribution in [0.5, 0.6) is 5.75 Å². The van der Waals surface area contributed by atoms with Crippen molar-refractivity contribution in [1.82, 2.24) is 19.4 Å². The highest BCUT2D eigenvalue weighted by molar-refractivity contribution is 6.01. The topological polar surface area (TPSA) is 196 Å². The largest absolute Gasteiger partial charge is 0.467 e. The number of esters is 3. The van der Waals surface area contributed by atoms with Crippen LogP contribution in [-0.2, 0) is 38.1 Å². The average Bonchev–Trinajstić information content (AvgIpc) is 3.57. The first-order chi connectivity index (χ1) is 25.3. The first-order valence-electron chi connectivity index (χ1n) is 17.1. The number of fused-ring (bicyclic) bond motifs is 1. The van der Waals surface area contributed by atoms with E-state index >= 15 is 0 Å².